The first-order valence-electron chi connectivity index (χ1n) is 9.04. The van der Waals surface area contributed by atoms with E-state index in [9.17, 15) is 0 Å². The first-order valence-corrected chi connectivity index (χ1v) is 9.04. The average Bonchev–Trinajstić information content (AvgIpc) is 2.74. The molecule has 0 aliphatic heterocycles. The molecule has 1 aliphatic rings. The standard InChI is InChI=1S/C21H21N5O/c1-26(11-12-27-17-7-3-2-4-8-17)21-18-9-5-6-10-19(18)24-20(25-21)16-13-22-15-23-14-16/h3,5-10,13-15H,2,4,11-12H2,1H3. The number of likely N-dealkylation sites (N-methyl/N-ethyl adjacent to an activating group) is 1. The van der Waals surface area contributed by atoms with Gasteiger partial charge in [0, 0.05) is 24.8 Å². The van der Waals surface area contributed by atoms with Gasteiger partial charge in [-0.2, -0.15) is 0 Å². The molecule has 0 bridgehead atoms. The Morgan fingerprint density at radius 3 is 2.74 bits per heavy atom. The van der Waals surface area contributed by atoms with E-state index in [1.54, 1.807) is 12.4 Å². The van der Waals surface area contributed by atoms with Crippen LogP contribution in [0.2, 0.25) is 0 Å². The SMILES string of the molecule is CN(CCOC1=CCCC=C1)c1nc(-c2cncnc2)nc2ccccc12. The Hall–Kier alpha value is -3.28. The van der Waals surface area contributed by atoms with Gasteiger partial charge in [-0.15, -0.1) is 0 Å². The molecule has 3 aromatic rings. The Bertz CT molecular complexity index is 984. The second-order valence-electron chi connectivity index (χ2n) is 6.37. The largest absolute Gasteiger partial charge is 0.492 e. The van der Waals surface area contributed by atoms with E-state index in [0.29, 0.717) is 12.4 Å². The summed E-state index contributed by atoms with van der Waals surface area (Å²) in [5, 5.41) is 1.01. The van der Waals surface area contributed by atoms with Crippen LogP contribution < -0.4 is 4.90 Å². The second-order valence-corrected chi connectivity index (χ2v) is 6.37. The number of para-hydroxylation sites is 1. The highest BCUT2D eigenvalue weighted by atomic mass is 16.5. The predicted molar refractivity (Wildman–Crippen MR) is 106 cm³/mol. The van der Waals surface area contributed by atoms with Crippen molar-refractivity contribution >= 4 is 16.7 Å². The van der Waals surface area contributed by atoms with Crippen molar-refractivity contribution in [1.82, 2.24) is 19.9 Å². The Labute approximate surface area is 158 Å². The molecule has 27 heavy (non-hydrogen) atoms. The molecule has 4 rings (SSSR count). The number of anilines is 1. The second kappa shape index (κ2) is 7.95. The molecule has 0 saturated carbocycles. The minimum absolute atomic E-state index is 0.592. The average molecular weight is 359 g/mol. The van der Waals surface area contributed by atoms with Crippen molar-refractivity contribution in [2.24, 2.45) is 0 Å². The molecule has 136 valence electrons. The normalized spacial score (nSPS) is 13.4. The molecular formula is C21H21N5O. The molecule has 1 aromatic carbocycles. The summed E-state index contributed by atoms with van der Waals surface area (Å²) >= 11 is 0. The fourth-order valence-corrected chi connectivity index (χ4v) is 3.00. The van der Waals surface area contributed by atoms with Gasteiger partial charge < -0.3 is 9.64 Å². The molecule has 2 aromatic heterocycles. The van der Waals surface area contributed by atoms with E-state index in [4.69, 9.17) is 9.72 Å². The maximum Gasteiger partial charge on any atom is 0.165 e. The summed E-state index contributed by atoms with van der Waals surface area (Å²) in [6, 6.07) is 8.02. The molecule has 0 saturated heterocycles. The van der Waals surface area contributed by atoms with Crippen molar-refractivity contribution in [2.75, 3.05) is 25.1 Å². The van der Waals surface area contributed by atoms with Crippen LogP contribution in [0.5, 0.6) is 0 Å². The van der Waals surface area contributed by atoms with E-state index in [1.807, 2.05) is 37.4 Å². The lowest BCUT2D eigenvalue weighted by atomic mass is 10.2. The molecule has 0 amide bonds. The van der Waals surface area contributed by atoms with Crippen LogP contribution in [0, 0.1) is 0 Å². The molecule has 6 nitrogen and oxygen atoms in total. The highest BCUT2D eigenvalue weighted by molar-refractivity contribution is 5.90. The van der Waals surface area contributed by atoms with Gasteiger partial charge in [-0.25, -0.2) is 19.9 Å². The van der Waals surface area contributed by atoms with Crippen LogP contribution in [0.4, 0.5) is 5.82 Å². The number of allylic oxidation sites excluding steroid dienone is 3. The molecule has 0 fully saturated rings. The number of ether oxygens (including phenoxy) is 1. The van der Waals surface area contributed by atoms with Crippen molar-refractivity contribution in [1.29, 1.82) is 0 Å². The third-order valence-corrected chi connectivity index (χ3v) is 4.42. The van der Waals surface area contributed by atoms with Crippen LogP contribution in [0.1, 0.15) is 12.8 Å². The highest BCUT2D eigenvalue weighted by Gasteiger charge is 2.13. The topological polar surface area (TPSA) is 64.0 Å². The van der Waals surface area contributed by atoms with Crippen molar-refractivity contribution in [3.63, 3.8) is 0 Å². The van der Waals surface area contributed by atoms with Crippen molar-refractivity contribution in [3.8, 4) is 11.4 Å². The zero-order valence-corrected chi connectivity index (χ0v) is 15.2. The molecule has 0 N–H and O–H groups in total. The summed E-state index contributed by atoms with van der Waals surface area (Å²) in [5.74, 6) is 2.44. The van der Waals surface area contributed by atoms with Gasteiger partial charge in [0.15, 0.2) is 5.82 Å². The van der Waals surface area contributed by atoms with Crippen LogP contribution in [0.3, 0.4) is 0 Å². The summed E-state index contributed by atoms with van der Waals surface area (Å²) in [7, 11) is 2.02. The predicted octanol–water partition coefficient (Wildman–Crippen LogP) is 3.77. The third kappa shape index (κ3) is 3.95. The molecular weight excluding hydrogens is 338 g/mol. The van der Waals surface area contributed by atoms with Crippen LogP contribution in [-0.4, -0.2) is 40.1 Å². The molecule has 6 heteroatoms. The lowest BCUT2D eigenvalue weighted by Crippen LogP contribution is -2.24. The number of aromatic nitrogens is 4. The van der Waals surface area contributed by atoms with Crippen LogP contribution in [0.15, 0.2) is 67.0 Å². The van der Waals surface area contributed by atoms with Crippen molar-refractivity contribution < 1.29 is 4.74 Å². The van der Waals surface area contributed by atoms with E-state index < -0.39 is 0 Å². The van der Waals surface area contributed by atoms with Gasteiger partial charge in [-0.1, -0.05) is 18.2 Å². The Balaban J connectivity index is 1.59. The number of hydrogen-bond donors (Lipinski definition) is 0. The summed E-state index contributed by atoms with van der Waals surface area (Å²) in [6.07, 6.45) is 13.4. The Morgan fingerprint density at radius 2 is 1.93 bits per heavy atom. The molecule has 1 aliphatic carbocycles. The molecule has 0 unspecified atom stereocenters. The zero-order chi connectivity index (χ0) is 18.5. The van der Waals surface area contributed by atoms with Gasteiger partial charge in [0.2, 0.25) is 0 Å². The molecule has 0 spiro atoms. The minimum Gasteiger partial charge on any atom is -0.492 e. The Morgan fingerprint density at radius 1 is 1.07 bits per heavy atom. The Kier molecular flexibility index (Phi) is 5.05. The fraction of sp³-hybridized carbons (Fsp3) is 0.238. The fourth-order valence-electron chi connectivity index (χ4n) is 3.00. The van der Waals surface area contributed by atoms with Crippen LogP contribution >= 0.6 is 0 Å². The number of fused-ring (bicyclic) bond motifs is 1. The number of hydrogen-bond acceptors (Lipinski definition) is 6. The van der Waals surface area contributed by atoms with E-state index in [-0.39, 0.29) is 0 Å². The summed E-state index contributed by atoms with van der Waals surface area (Å²) < 4.78 is 5.87. The maximum absolute atomic E-state index is 5.87. The summed E-state index contributed by atoms with van der Waals surface area (Å²) in [6.45, 7) is 1.31. The first kappa shape index (κ1) is 17.1. The van der Waals surface area contributed by atoms with Gasteiger partial charge in [0.1, 0.15) is 24.5 Å². The van der Waals surface area contributed by atoms with Gasteiger partial charge in [-0.3, -0.25) is 0 Å². The van der Waals surface area contributed by atoms with Crippen molar-refractivity contribution in [2.45, 2.75) is 12.8 Å². The van der Waals surface area contributed by atoms with Crippen LogP contribution in [-0.2, 0) is 4.74 Å². The molecule has 0 atom stereocenters. The smallest absolute Gasteiger partial charge is 0.165 e. The van der Waals surface area contributed by atoms with Crippen molar-refractivity contribution in [3.05, 3.63) is 67.0 Å². The number of nitrogens with zero attached hydrogens (tertiary/aromatic N) is 5. The van der Waals surface area contributed by atoms with E-state index in [1.165, 1.54) is 6.33 Å². The highest BCUT2D eigenvalue weighted by Crippen LogP contribution is 2.26. The minimum atomic E-state index is 0.592. The summed E-state index contributed by atoms with van der Waals surface area (Å²) in [5.41, 5.74) is 1.69. The van der Waals surface area contributed by atoms with Gasteiger partial charge in [-0.05, 0) is 37.1 Å². The lowest BCUT2D eigenvalue weighted by Gasteiger charge is -2.21. The van der Waals surface area contributed by atoms with E-state index in [2.05, 4.69) is 32.0 Å². The van der Waals surface area contributed by atoms with Crippen LogP contribution in [0.25, 0.3) is 22.3 Å². The van der Waals surface area contributed by atoms with Gasteiger partial charge in [0.25, 0.3) is 0 Å². The summed E-state index contributed by atoms with van der Waals surface area (Å²) in [4.78, 5) is 19.7. The molecule has 2 heterocycles. The third-order valence-electron chi connectivity index (χ3n) is 4.42. The maximum atomic E-state index is 5.87. The number of rotatable bonds is 6. The lowest BCUT2D eigenvalue weighted by molar-refractivity contribution is 0.230. The zero-order valence-electron chi connectivity index (χ0n) is 15.2. The van der Waals surface area contributed by atoms with E-state index >= 15 is 0 Å². The van der Waals surface area contributed by atoms with E-state index in [0.717, 1.165) is 47.4 Å². The monoisotopic (exact) mass is 359 g/mol. The molecule has 0 radical (unpaired) electrons. The van der Waals surface area contributed by atoms with Gasteiger partial charge in [0.05, 0.1) is 17.6 Å². The quantitative estimate of drug-likeness (QED) is 0.667. The first-order chi connectivity index (χ1) is 13.3. The number of benzene rings is 1. The van der Waals surface area contributed by atoms with Gasteiger partial charge >= 0.3 is 0 Å².